The van der Waals surface area contributed by atoms with E-state index in [4.69, 9.17) is 0 Å². The maximum absolute atomic E-state index is 12.4. The van der Waals surface area contributed by atoms with Gasteiger partial charge < -0.3 is 14.4 Å². The fourth-order valence-electron chi connectivity index (χ4n) is 2.51. The van der Waals surface area contributed by atoms with Crippen molar-refractivity contribution in [2.75, 3.05) is 33.2 Å². The lowest BCUT2D eigenvalue weighted by molar-refractivity contribution is -0.384. The van der Waals surface area contributed by atoms with Crippen LogP contribution < -0.4 is 0 Å². The molecule has 1 aromatic heterocycles. The molecule has 8 nitrogen and oxygen atoms in total. The number of nitro benzene ring substituents is 1. The van der Waals surface area contributed by atoms with E-state index in [1.54, 1.807) is 27.8 Å². The number of carbonyl (C=O) groups is 1. The van der Waals surface area contributed by atoms with Crippen molar-refractivity contribution in [1.29, 1.82) is 0 Å². The standard InChI is InChI=1S/C15H17N5O3/c1-17-5-7-18(8-6-17)15(21)14-10-19(11-16-14)12-3-2-4-13(9-12)20(22)23/h2-4,9-11H,5-8H2,1H3. The Balaban J connectivity index is 1.79. The second kappa shape index (κ2) is 6.17. The molecule has 0 aliphatic carbocycles. The van der Waals surface area contributed by atoms with Gasteiger partial charge in [-0.25, -0.2) is 4.98 Å². The molecule has 2 heterocycles. The van der Waals surface area contributed by atoms with Crippen molar-refractivity contribution in [2.45, 2.75) is 0 Å². The Labute approximate surface area is 133 Å². The fourth-order valence-corrected chi connectivity index (χ4v) is 2.51. The summed E-state index contributed by atoms with van der Waals surface area (Å²) in [5.41, 5.74) is 0.952. The molecule has 1 aliphatic rings. The summed E-state index contributed by atoms with van der Waals surface area (Å²) >= 11 is 0. The van der Waals surface area contributed by atoms with E-state index in [0.29, 0.717) is 24.5 Å². The van der Waals surface area contributed by atoms with Crippen molar-refractivity contribution in [1.82, 2.24) is 19.4 Å². The molecule has 1 aromatic carbocycles. The molecular weight excluding hydrogens is 298 g/mol. The van der Waals surface area contributed by atoms with E-state index in [9.17, 15) is 14.9 Å². The minimum Gasteiger partial charge on any atom is -0.335 e. The summed E-state index contributed by atoms with van der Waals surface area (Å²) in [6.45, 7) is 3.05. The van der Waals surface area contributed by atoms with Crippen LogP contribution in [0.4, 0.5) is 5.69 Å². The van der Waals surface area contributed by atoms with Crippen molar-refractivity contribution in [3.63, 3.8) is 0 Å². The van der Waals surface area contributed by atoms with E-state index < -0.39 is 4.92 Å². The molecule has 0 N–H and O–H groups in total. The monoisotopic (exact) mass is 315 g/mol. The van der Waals surface area contributed by atoms with Gasteiger partial charge in [-0.05, 0) is 13.1 Å². The molecule has 0 bridgehead atoms. The van der Waals surface area contributed by atoms with Crippen LogP contribution in [0, 0.1) is 10.1 Å². The fraction of sp³-hybridized carbons (Fsp3) is 0.333. The first-order valence-electron chi connectivity index (χ1n) is 7.31. The summed E-state index contributed by atoms with van der Waals surface area (Å²) in [7, 11) is 2.03. The summed E-state index contributed by atoms with van der Waals surface area (Å²) < 4.78 is 1.62. The molecule has 8 heteroatoms. The van der Waals surface area contributed by atoms with E-state index in [1.165, 1.54) is 18.5 Å². The van der Waals surface area contributed by atoms with Crippen LogP contribution in [-0.2, 0) is 0 Å². The number of rotatable bonds is 3. The third-order valence-electron chi connectivity index (χ3n) is 3.93. The predicted molar refractivity (Wildman–Crippen MR) is 83.6 cm³/mol. The quantitative estimate of drug-likeness (QED) is 0.627. The molecule has 1 fully saturated rings. The number of hydrogen-bond acceptors (Lipinski definition) is 5. The molecule has 3 rings (SSSR count). The van der Waals surface area contributed by atoms with Gasteiger partial charge in [0.05, 0.1) is 10.6 Å². The third-order valence-corrected chi connectivity index (χ3v) is 3.93. The van der Waals surface area contributed by atoms with Gasteiger partial charge in [-0.3, -0.25) is 14.9 Å². The van der Waals surface area contributed by atoms with Gasteiger partial charge in [0.25, 0.3) is 11.6 Å². The molecule has 0 saturated carbocycles. The highest BCUT2D eigenvalue weighted by Gasteiger charge is 2.22. The highest BCUT2D eigenvalue weighted by molar-refractivity contribution is 5.92. The average molecular weight is 315 g/mol. The predicted octanol–water partition coefficient (Wildman–Crippen LogP) is 1.17. The number of aromatic nitrogens is 2. The number of benzene rings is 1. The lowest BCUT2D eigenvalue weighted by Gasteiger charge is -2.31. The Hall–Kier alpha value is -2.74. The van der Waals surface area contributed by atoms with Crippen molar-refractivity contribution >= 4 is 11.6 Å². The smallest absolute Gasteiger partial charge is 0.274 e. The lowest BCUT2D eigenvalue weighted by atomic mass is 10.2. The number of amides is 1. The van der Waals surface area contributed by atoms with Crippen molar-refractivity contribution in [3.05, 3.63) is 52.6 Å². The number of non-ortho nitro benzene ring substituents is 1. The van der Waals surface area contributed by atoms with Crippen LogP contribution in [0.1, 0.15) is 10.5 Å². The van der Waals surface area contributed by atoms with Crippen molar-refractivity contribution < 1.29 is 9.72 Å². The van der Waals surface area contributed by atoms with Crippen LogP contribution in [0.5, 0.6) is 0 Å². The molecule has 0 spiro atoms. The number of carbonyl (C=O) groups excluding carboxylic acids is 1. The highest BCUT2D eigenvalue weighted by atomic mass is 16.6. The van der Waals surface area contributed by atoms with Crippen LogP contribution in [-0.4, -0.2) is 63.4 Å². The molecule has 23 heavy (non-hydrogen) atoms. The maximum atomic E-state index is 12.4. The van der Waals surface area contributed by atoms with E-state index in [1.807, 2.05) is 7.05 Å². The van der Waals surface area contributed by atoms with Gasteiger partial charge in [0.2, 0.25) is 0 Å². The maximum Gasteiger partial charge on any atom is 0.274 e. The summed E-state index contributed by atoms with van der Waals surface area (Å²) in [6, 6.07) is 6.22. The van der Waals surface area contributed by atoms with Crippen LogP contribution in [0.15, 0.2) is 36.8 Å². The Bertz CT molecular complexity index is 734. The number of piperazine rings is 1. The molecule has 1 aliphatic heterocycles. The van der Waals surface area contributed by atoms with Crippen molar-refractivity contribution in [3.8, 4) is 5.69 Å². The SMILES string of the molecule is CN1CCN(C(=O)c2cn(-c3cccc([N+](=O)[O-])c3)cn2)CC1. The van der Waals surface area contributed by atoms with E-state index in [-0.39, 0.29) is 11.6 Å². The van der Waals surface area contributed by atoms with Gasteiger partial charge in [-0.1, -0.05) is 6.07 Å². The van der Waals surface area contributed by atoms with Gasteiger partial charge in [0.15, 0.2) is 0 Å². The Morgan fingerprint density at radius 1 is 1.26 bits per heavy atom. The van der Waals surface area contributed by atoms with Crippen molar-refractivity contribution in [2.24, 2.45) is 0 Å². The molecule has 120 valence electrons. The van der Waals surface area contributed by atoms with Crippen LogP contribution in [0.25, 0.3) is 5.69 Å². The lowest BCUT2D eigenvalue weighted by Crippen LogP contribution is -2.47. The van der Waals surface area contributed by atoms with Gasteiger partial charge in [0.1, 0.15) is 12.0 Å². The first kappa shape index (κ1) is 15.2. The summed E-state index contributed by atoms with van der Waals surface area (Å²) in [5.74, 6) is -0.109. The number of nitrogens with zero attached hydrogens (tertiary/aromatic N) is 5. The first-order chi connectivity index (χ1) is 11.0. The Morgan fingerprint density at radius 3 is 2.70 bits per heavy atom. The largest absolute Gasteiger partial charge is 0.335 e. The molecule has 2 aromatic rings. The van der Waals surface area contributed by atoms with E-state index >= 15 is 0 Å². The molecule has 0 unspecified atom stereocenters. The first-order valence-corrected chi connectivity index (χ1v) is 7.31. The summed E-state index contributed by atoms with van der Waals surface area (Å²) in [5, 5.41) is 10.8. The van der Waals surface area contributed by atoms with Crippen LogP contribution in [0.3, 0.4) is 0 Å². The summed E-state index contributed by atoms with van der Waals surface area (Å²) in [4.78, 5) is 30.9. The molecule has 0 atom stereocenters. The highest BCUT2D eigenvalue weighted by Crippen LogP contribution is 2.17. The number of nitro groups is 1. The van der Waals surface area contributed by atoms with E-state index in [0.717, 1.165) is 13.1 Å². The number of imidazole rings is 1. The van der Waals surface area contributed by atoms with Gasteiger partial charge >= 0.3 is 0 Å². The van der Waals surface area contributed by atoms with Crippen LogP contribution >= 0.6 is 0 Å². The Kier molecular flexibility index (Phi) is 4.07. The second-order valence-electron chi connectivity index (χ2n) is 5.54. The second-order valence-corrected chi connectivity index (χ2v) is 5.54. The minimum absolute atomic E-state index is 0.00291. The summed E-state index contributed by atoms with van der Waals surface area (Å²) in [6.07, 6.45) is 3.11. The third kappa shape index (κ3) is 3.21. The number of hydrogen-bond donors (Lipinski definition) is 0. The van der Waals surface area contributed by atoms with Crippen LogP contribution in [0.2, 0.25) is 0 Å². The topological polar surface area (TPSA) is 84.5 Å². The average Bonchev–Trinajstić information content (AvgIpc) is 3.05. The molecular formula is C15H17N5O3. The molecule has 0 radical (unpaired) electrons. The molecule has 1 saturated heterocycles. The zero-order valence-corrected chi connectivity index (χ0v) is 12.8. The normalized spacial score (nSPS) is 15.6. The Morgan fingerprint density at radius 2 is 2.00 bits per heavy atom. The van der Waals surface area contributed by atoms with Gasteiger partial charge in [0, 0.05) is 44.5 Å². The minimum atomic E-state index is -0.448. The van der Waals surface area contributed by atoms with Gasteiger partial charge in [-0.15, -0.1) is 0 Å². The zero-order chi connectivity index (χ0) is 16.4. The van der Waals surface area contributed by atoms with E-state index in [2.05, 4.69) is 9.88 Å². The van der Waals surface area contributed by atoms with Gasteiger partial charge in [-0.2, -0.15) is 0 Å². The molecule has 1 amide bonds. The zero-order valence-electron chi connectivity index (χ0n) is 12.8. The number of likely N-dealkylation sites (N-methyl/N-ethyl adjacent to an activating group) is 1.